The van der Waals surface area contributed by atoms with Crippen LogP contribution in [0.1, 0.15) is 19.3 Å². The van der Waals surface area contributed by atoms with Gasteiger partial charge in [0.2, 0.25) is 9.84 Å². The molecule has 1 heterocycles. The molecule has 0 spiro atoms. The predicted molar refractivity (Wildman–Crippen MR) is 78.2 cm³/mol. The van der Waals surface area contributed by atoms with Crippen molar-refractivity contribution in [3.05, 3.63) is 24.3 Å². The van der Waals surface area contributed by atoms with Gasteiger partial charge in [-0.1, -0.05) is 0 Å². The number of anilines is 1. The van der Waals surface area contributed by atoms with E-state index in [-0.39, 0.29) is 4.90 Å². The van der Waals surface area contributed by atoms with Crippen LogP contribution < -0.4 is 10.6 Å². The fourth-order valence-electron chi connectivity index (χ4n) is 2.67. The highest BCUT2D eigenvalue weighted by atomic mass is 32.2. The Labute approximate surface area is 123 Å². The van der Waals surface area contributed by atoms with Crippen molar-refractivity contribution in [1.29, 1.82) is 0 Å². The lowest BCUT2D eigenvalue weighted by atomic mass is 9.93. The first-order chi connectivity index (χ1) is 9.95. The summed E-state index contributed by atoms with van der Waals surface area (Å²) in [6, 6.07) is 5.70. The predicted octanol–water partition coefficient (Wildman–Crippen LogP) is 2.25. The van der Waals surface area contributed by atoms with Gasteiger partial charge in [0, 0.05) is 18.8 Å². The molecule has 2 N–H and O–H groups in total. The maximum atomic E-state index is 12.5. The molecule has 2 rings (SSSR count). The van der Waals surface area contributed by atoms with Crippen molar-refractivity contribution >= 4 is 15.5 Å². The number of alkyl halides is 2. The van der Waals surface area contributed by atoms with Crippen LogP contribution in [-0.2, 0) is 9.84 Å². The number of hydrogen-bond donors (Lipinski definition) is 1. The summed E-state index contributed by atoms with van der Waals surface area (Å²) in [5, 5.41) is 0. The Morgan fingerprint density at radius 1 is 1.19 bits per heavy atom. The van der Waals surface area contributed by atoms with E-state index in [1.54, 1.807) is 12.1 Å². The van der Waals surface area contributed by atoms with Crippen LogP contribution >= 0.6 is 0 Å². The molecule has 0 bridgehead atoms. The molecular formula is C14H20F2N2O2S. The van der Waals surface area contributed by atoms with E-state index in [0.29, 0.717) is 12.5 Å². The van der Waals surface area contributed by atoms with E-state index in [1.165, 1.54) is 12.1 Å². The number of halogens is 2. The number of sulfone groups is 1. The lowest BCUT2D eigenvalue weighted by Gasteiger charge is -2.33. The highest BCUT2D eigenvalue weighted by molar-refractivity contribution is 7.91. The second-order valence-corrected chi connectivity index (χ2v) is 7.23. The SMILES string of the molecule is NCCC1CCN(c2ccc(S(=O)(=O)C(F)F)cc2)CC1. The molecule has 0 atom stereocenters. The van der Waals surface area contributed by atoms with E-state index in [9.17, 15) is 17.2 Å². The van der Waals surface area contributed by atoms with E-state index in [0.717, 1.165) is 38.0 Å². The normalized spacial score (nSPS) is 17.4. The smallest absolute Gasteiger partial charge is 0.341 e. The highest BCUT2D eigenvalue weighted by Crippen LogP contribution is 2.27. The molecule has 4 nitrogen and oxygen atoms in total. The Morgan fingerprint density at radius 2 is 1.76 bits per heavy atom. The zero-order valence-electron chi connectivity index (χ0n) is 11.7. The Morgan fingerprint density at radius 3 is 2.24 bits per heavy atom. The summed E-state index contributed by atoms with van der Waals surface area (Å²) in [7, 11) is -4.51. The lowest BCUT2D eigenvalue weighted by molar-refractivity contribution is 0.234. The molecule has 1 aliphatic heterocycles. The van der Waals surface area contributed by atoms with Gasteiger partial charge >= 0.3 is 5.76 Å². The molecular weight excluding hydrogens is 298 g/mol. The van der Waals surface area contributed by atoms with Gasteiger partial charge in [0.25, 0.3) is 0 Å². The topological polar surface area (TPSA) is 63.4 Å². The standard InChI is InChI=1S/C14H20F2N2O2S/c15-14(16)21(19,20)13-3-1-12(2-4-13)18-9-6-11(5-8-17)7-10-18/h1-4,11,14H,5-10,17H2. The summed E-state index contributed by atoms with van der Waals surface area (Å²) < 4.78 is 47.6. The van der Waals surface area contributed by atoms with Crippen molar-refractivity contribution < 1.29 is 17.2 Å². The number of piperidine rings is 1. The van der Waals surface area contributed by atoms with Gasteiger partial charge in [0.05, 0.1) is 4.90 Å². The Bertz CT molecular complexity index is 553. The summed E-state index contributed by atoms with van der Waals surface area (Å²) in [5.74, 6) is -2.74. The average Bonchev–Trinajstić information content (AvgIpc) is 2.48. The van der Waals surface area contributed by atoms with Gasteiger partial charge in [0.1, 0.15) is 0 Å². The average molecular weight is 318 g/mol. The lowest BCUT2D eigenvalue weighted by Crippen LogP contribution is -2.34. The second-order valence-electron chi connectivity index (χ2n) is 5.31. The first-order valence-corrected chi connectivity index (χ1v) is 8.57. The number of nitrogens with two attached hydrogens (primary N) is 1. The van der Waals surface area contributed by atoms with Crippen LogP contribution in [0.5, 0.6) is 0 Å². The van der Waals surface area contributed by atoms with Crippen molar-refractivity contribution in [1.82, 2.24) is 0 Å². The first-order valence-electron chi connectivity index (χ1n) is 7.02. The van der Waals surface area contributed by atoms with Crippen molar-refractivity contribution in [2.75, 3.05) is 24.5 Å². The van der Waals surface area contributed by atoms with Crippen LogP contribution in [0, 0.1) is 5.92 Å². The summed E-state index contributed by atoms with van der Waals surface area (Å²) >= 11 is 0. The van der Waals surface area contributed by atoms with E-state index >= 15 is 0 Å². The van der Waals surface area contributed by atoms with E-state index in [4.69, 9.17) is 5.73 Å². The number of nitrogens with zero attached hydrogens (tertiary/aromatic N) is 1. The third-order valence-corrected chi connectivity index (χ3v) is 5.35. The Balaban J connectivity index is 2.04. The minimum atomic E-state index is -4.51. The molecule has 118 valence electrons. The quantitative estimate of drug-likeness (QED) is 0.904. The maximum Gasteiger partial charge on any atom is 0.341 e. The molecule has 1 aliphatic rings. The zero-order valence-corrected chi connectivity index (χ0v) is 12.5. The molecule has 0 aliphatic carbocycles. The summed E-state index contributed by atoms with van der Waals surface area (Å²) in [6.45, 7) is 2.46. The molecule has 0 saturated carbocycles. The van der Waals surface area contributed by atoms with Gasteiger partial charge in [-0.05, 0) is 56.0 Å². The van der Waals surface area contributed by atoms with E-state index < -0.39 is 15.6 Å². The molecule has 7 heteroatoms. The van der Waals surface area contributed by atoms with Crippen LogP contribution in [0.15, 0.2) is 29.2 Å². The largest absolute Gasteiger partial charge is 0.372 e. The van der Waals surface area contributed by atoms with Crippen LogP contribution in [0.2, 0.25) is 0 Å². The van der Waals surface area contributed by atoms with Crippen LogP contribution in [0.3, 0.4) is 0 Å². The van der Waals surface area contributed by atoms with E-state index in [1.807, 2.05) is 0 Å². The molecule has 0 aromatic heterocycles. The van der Waals surface area contributed by atoms with E-state index in [2.05, 4.69) is 4.90 Å². The van der Waals surface area contributed by atoms with Crippen molar-refractivity contribution in [2.24, 2.45) is 11.7 Å². The summed E-state index contributed by atoms with van der Waals surface area (Å²) in [6.07, 6.45) is 3.13. The van der Waals surface area contributed by atoms with Gasteiger partial charge in [-0.3, -0.25) is 0 Å². The van der Waals surface area contributed by atoms with Gasteiger partial charge in [-0.2, -0.15) is 8.78 Å². The summed E-state index contributed by atoms with van der Waals surface area (Å²) in [4.78, 5) is 1.81. The zero-order chi connectivity index (χ0) is 15.5. The fourth-order valence-corrected chi connectivity index (χ4v) is 3.39. The van der Waals surface area contributed by atoms with Crippen molar-refractivity contribution in [3.63, 3.8) is 0 Å². The molecule has 1 fully saturated rings. The van der Waals surface area contributed by atoms with Gasteiger partial charge < -0.3 is 10.6 Å². The van der Waals surface area contributed by atoms with Crippen molar-refractivity contribution in [3.8, 4) is 0 Å². The molecule has 0 radical (unpaired) electrons. The fraction of sp³-hybridized carbons (Fsp3) is 0.571. The van der Waals surface area contributed by atoms with Gasteiger partial charge in [0.15, 0.2) is 0 Å². The monoisotopic (exact) mass is 318 g/mol. The first kappa shape index (κ1) is 16.2. The van der Waals surface area contributed by atoms with Crippen molar-refractivity contribution in [2.45, 2.75) is 29.9 Å². The molecule has 1 aromatic rings. The minimum absolute atomic E-state index is 0.334. The Kier molecular flexibility index (Phi) is 5.16. The molecule has 1 aromatic carbocycles. The molecule has 0 unspecified atom stereocenters. The van der Waals surface area contributed by atoms with Crippen LogP contribution in [-0.4, -0.2) is 33.8 Å². The number of hydrogen-bond acceptors (Lipinski definition) is 4. The van der Waals surface area contributed by atoms with Gasteiger partial charge in [-0.15, -0.1) is 0 Å². The van der Waals surface area contributed by atoms with Gasteiger partial charge in [-0.25, -0.2) is 8.42 Å². The Hall–Kier alpha value is -1.21. The molecule has 0 amide bonds. The number of rotatable bonds is 5. The maximum absolute atomic E-state index is 12.5. The molecule has 1 saturated heterocycles. The third kappa shape index (κ3) is 3.71. The number of benzene rings is 1. The highest BCUT2D eigenvalue weighted by Gasteiger charge is 2.26. The van der Waals surface area contributed by atoms with Crippen LogP contribution in [0.25, 0.3) is 0 Å². The third-order valence-electron chi connectivity index (χ3n) is 3.95. The molecule has 21 heavy (non-hydrogen) atoms. The van der Waals surface area contributed by atoms with Crippen LogP contribution in [0.4, 0.5) is 14.5 Å². The minimum Gasteiger partial charge on any atom is -0.372 e. The summed E-state index contributed by atoms with van der Waals surface area (Å²) in [5.41, 5.74) is 6.42. The second kappa shape index (κ2) is 6.70.